The Morgan fingerprint density at radius 1 is 1.17 bits per heavy atom. The summed E-state index contributed by atoms with van der Waals surface area (Å²) in [5.74, 6) is 1.34. The third-order valence-corrected chi connectivity index (χ3v) is 3.71. The molecule has 0 atom stereocenters. The first kappa shape index (κ1) is 17.8. The van der Waals surface area contributed by atoms with Crippen LogP contribution in [0.15, 0.2) is 54.7 Å². The van der Waals surface area contributed by atoms with Gasteiger partial charge in [0.25, 0.3) is 0 Å². The van der Waals surface area contributed by atoms with Gasteiger partial charge in [0.05, 0.1) is 19.0 Å². The number of rotatable bonds is 5. The molecule has 0 aliphatic rings. The van der Waals surface area contributed by atoms with E-state index in [2.05, 4.69) is 10.3 Å². The average molecular weight is 348 g/mol. The molecule has 0 aliphatic carbocycles. The molecule has 0 fully saturated rings. The van der Waals surface area contributed by atoms with E-state index in [0.29, 0.717) is 6.54 Å². The lowest BCUT2D eigenvalue weighted by Gasteiger charge is -2.09. The number of hydrogen-bond donors (Lipinski definition) is 1. The molecule has 0 saturated heterocycles. The topological polar surface area (TPSA) is 39.1 Å². The summed E-state index contributed by atoms with van der Waals surface area (Å²) >= 11 is 0. The molecular weight excluding hydrogens is 329 g/mol. The van der Waals surface area contributed by atoms with E-state index in [-0.39, 0.29) is 18.2 Å². The van der Waals surface area contributed by atoms with E-state index in [0.717, 1.165) is 28.5 Å². The van der Waals surface area contributed by atoms with E-state index in [4.69, 9.17) is 4.74 Å². The molecule has 0 amide bonds. The van der Waals surface area contributed by atoms with Crippen molar-refractivity contribution < 1.29 is 9.13 Å². The Bertz CT molecular complexity index is 802. The predicted molar refractivity (Wildman–Crippen MR) is 96.2 cm³/mol. The van der Waals surface area contributed by atoms with Crippen molar-refractivity contribution in [3.8, 4) is 17.0 Å². The molecule has 1 aromatic heterocycles. The number of anilines is 1. The summed E-state index contributed by atoms with van der Waals surface area (Å²) in [6, 6.07) is 14.3. The number of aromatic nitrogens is 2. The van der Waals surface area contributed by atoms with Gasteiger partial charge < -0.3 is 14.6 Å². The fourth-order valence-electron chi connectivity index (χ4n) is 2.43. The highest BCUT2D eigenvalue weighted by molar-refractivity contribution is 5.85. The average Bonchev–Trinajstić information content (AvgIpc) is 2.95. The molecule has 1 N–H and O–H groups in total. The van der Waals surface area contributed by atoms with Gasteiger partial charge in [0.2, 0.25) is 5.95 Å². The van der Waals surface area contributed by atoms with Gasteiger partial charge in [-0.2, -0.15) is 0 Å². The molecule has 3 rings (SSSR count). The Morgan fingerprint density at radius 2 is 1.92 bits per heavy atom. The molecule has 0 saturated carbocycles. The third kappa shape index (κ3) is 3.86. The second-order valence-electron chi connectivity index (χ2n) is 5.24. The van der Waals surface area contributed by atoms with E-state index in [9.17, 15) is 4.39 Å². The predicted octanol–water partition coefficient (Wildman–Crippen LogP) is 4.27. The number of hydrogen-bond acceptors (Lipinski definition) is 3. The molecule has 0 bridgehead atoms. The first-order chi connectivity index (χ1) is 11.2. The van der Waals surface area contributed by atoms with Crippen molar-refractivity contribution in [2.24, 2.45) is 7.05 Å². The van der Waals surface area contributed by atoms with Crippen LogP contribution >= 0.6 is 12.4 Å². The Hall–Kier alpha value is -2.53. The molecule has 3 aromatic rings. The van der Waals surface area contributed by atoms with Crippen molar-refractivity contribution >= 4 is 18.4 Å². The molecule has 0 radical (unpaired) electrons. The van der Waals surface area contributed by atoms with E-state index >= 15 is 0 Å². The zero-order chi connectivity index (χ0) is 16.2. The maximum absolute atomic E-state index is 13.0. The fourth-order valence-corrected chi connectivity index (χ4v) is 2.43. The zero-order valence-electron chi connectivity index (χ0n) is 13.5. The molecule has 126 valence electrons. The van der Waals surface area contributed by atoms with Crippen LogP contribution in [-0.2, 0) is 13.6 Å². The Morgan fingerprint density at radius 3 is 2.62 bits per heavy atom. The number of nitrogens with one attached hydrogen (secondary N) is 1. The summed E-state index contributed by atoms with van der Waals surface area (Å²) in [6.07, 6.45) is 1.78. The van der Waals surface area contributed by atoms with Crippen LogP contribution < -0.4 is 10.1 Å². The number of benzene rings is 2. The van der Waals surface area contributed by atoms with E-state index in [1.165, 1.54) is 12.1 Å². The van der Waals surface area contributed by atoms with Crippen LogP contribution in [0.1, 0.15) is 5.56 Å². The van der Waals surface area contributed by atoms with Gasteiger partial charge in [0, 0.05) is 19.2 Å². The van der Waals surface area contributed by atoms with E-state index in [1.54, 1.807) is 25.4 Å². The SMILES string of the molecule is COc1cccc(CNc2ncc(-c3ccc(F)cc3)n2C)c1.Cl. The number of halogens is 2. The van der Waals surface area contributed by atoms with Crippen LogP contribution in [0.2, 0.25) is 0 Å². The molecule has 24 heavy (non-hydrogen) atoms. The fraction of sp³-hybridized carbons (Fsp3) is 0.167. The highest BCUT2D eigenvalue weighted by atomic mass is 35.5. The van der Waals surface area contributed by atoms with Gasteiger partial charge in [0.15, 0.2) is 0 Å². The van der Waals surface area contributed by atoms with Crippen molar-refractivity contribution in [2.45, 2.75) is 6.54 Å². The Balaban J connectivity index is 0.00000208. The molecule has 6 heteroatoms. The minimum atomic E-state index is -0.243. The minimum absolute atomic E-state index is 0. The summed E-state index contributed by atoms with van der Waals surface area (Å²) in [4.78, 5) is 4.40. The van der Waals surface area contributed by atoms with Gasteiger partial charge in [0.1, 0.15) is 11.6 Å². The van der Waals surface area contributed by atoms with Crippen LogP contribution in [0.25, 0.3) is 11.3 Å². The number of methoxy groups -OCH3 is 1. The first-order valence-corrected chi connectivity index (χ1v) is 7.32. The Labute approximate surface area is 146 Å². The van der Waals surface area contributed by atoms with Gasteiger partial charge in [-0.15, -0.1) is 12.4 Å². The normalized spacial score (nSPS) is 10.1. The summed E-state index contributed by atoms with van der Waals surface area (Å²) in [7, 11) is 3.58. The monoisotopic (exact) mass is 347 g/mol. The summed E-state index contributed by atoms with van der Waals surface area (Å²) in [6.45, 7) is 0.644. The van der Waals surface area contributed by atoms with Crippen molar-refractivity contribution in [3.05, 3.63) is 66.1 Å². The summed E-state index contributed by atoms with van der Waals surface area (Å²) in [5.41, 5.74) is 2.96. The van der Waals surface area contributed by atoms with Crippen molar-refractivity contribution in [1.29, 1.82) is 0 Å². The molecule has 0 aliphatic heterocycles. The minimum Gasteiger partial charge on any atom is -0.497 e. The lowest BCUT2D eigenvalue weighted by molar-refractivity contribution is 0.414. The molecule has 1 heterocycles. The Kier molecular flexibility index (Phi) is 5.82. The summed E-state index contributed by atoms with van der Waals surface area (Å²) in [5, 5.41) is 3.30. The van der Waals surface area contributed by atoms with Crippen LogP contribution in [0, 0.1) is 5.82 Å². The van der Waals surface area contributed by atoms with Gasteiger partial charge in [-0.1, -0.05) is 12.1 Å². The van der Waals surface area contributed by atoms with Gasteiger partial charge in [-0.25, -0.2) is 9.37 Å². The smallest absolute Gasteiger partial charge is 0.203 e. The molecule has 4 nitrogen and oxygen atoms in total. The van der Waals surface area contributed by atoms with Crippen molar-refractivity contribution in [3.63, 3.8) is 0 Å². The molecule has 0 unspecified atom stereocenters. The molecule has 0 spiro atoms. The number of nitrogens with zero attached hydrogens (tertiary/aromatic N) is 2. The quantitative estimate of drug-likeness (QED) is 0.749. The lowest BCUT2D eigenvalue weighted by atomic mass is 10.2. The third-order valence-electron chi connectivity index (χ3n) is 3.71. The number of ether oxygens (including phenoxy) is 1. The van der Waals surface area contributed by atoms with E-state index in [1.807, 2.05) is 35.9 Å². The number of imidazole rings is 1. The molecule has 2 aromatic carbocycles. The maximum atomic E-state index is 13.0. The standard InChI is InChI=1S/C18H18FN3O.ClH/c1-22-17(14-6-8-15(19)9-7-14)12-21-18(22)20-11-13-4-3-5-16(10-13)23-2;/h3-10,12H,11H2,1-2H3,(H,20,21);1H. The van der Waals surface area contributed by atoms with E-state index < -0.39 is 0 Å². The largest absolute Gasteiger partial charge is 0.497 e. The van der Waals surface area contributed by atoms with Crippen LogP contribution in [0.3, 0.4) is 0 Å². The van der Waals surface area contributed by atoms with Gasteiger partial charge in [-0.05, 0) is 42.0 Å². The van der Waals surface area contributed by atoms with Crippen molar-refractivity contribution in [2.75, 3.05) is 12.4 Å². The van der Waals surface area contributed by atoms with Gasteiger partial charge >= 0.3 is 0 Å². The van der Waals surface area contributed by atoms with Gasteiger partial charge in [-0.3, -0.25) is 0 Å². The zero-order valence-corrected chi connectivity index (χ0v) is 14.3. The second-order valence-corrected chi connectivity index (χ2v) is 5.24. The lowest BCUT2D eigenvalue weighted by Crippen LogP contribution is -2.05. The summed E-state index contributed by atoms with van der Waals surface area (Å²) < 4.78 is 20.2. The van der Waals surface area contributed by atoms with Crippen molar-refractivity contribution in [1.82, 2.24) is 9.55 Å². The molecular formula is C18H19ClFN3O. The highest BCUT2D eigenvalue weighted by Crippen LogP contribution is 2.22. The second kappa shape index (κ2) is 7.84. The van der Waals surface area contributed by atoms with Crippen LogP contribution in [-0.4, -0.2) is 16.7 Å². The first-order valence-electron chi connectivity index (χ1n) is 7.32. The van der Waals surface area contributed by atoms with Crippen LogP contribution in [0.5, 0.6) is 5.75 Å². The highest BCUT2D eigenvalue weighted by Gasteiger charge is 2.08. The van der Waals surface area contributed by atoms with Crippen LogP contribution in [0.4, 0.5) is 10.3 Å². The maximum Gasteiger partial charge on any atom is 0.203 e.